The highest BCUT2D eigenvalue weighted by atomic mass is 16.5. The molecule has 1 N–H and O–H groups in total. The molecule has 1 saturated heterocycles. The Kier molecular flexibility index (Phi) is 6.51. The topological polar surface area (TPSA) is 30.5 Å². The first-order valence-electron chi connectivity index (χ1n) is 7.71. The third-order valence-corrected chi connectivity index (χ3v) is 3.58. The van der Waals surface area contributed by atoms with E-state index >= 15 is 0 Å². The van der Waals surface area contributed by atoms with E-state index in [9.17, 15) is 0 Å². The van der Waals surface area contributed by atoms with E-state index in [4.69, 9.17) is 9.47 Å². The maximum Gasteiger partial charge on any atom is 0.0809 e. The molecular weight excluding hydrogens is 250 g/mol. The van der Waals surface area contributed by atoms with Crippen molar-refractivity contribution in [2.75, 3.05) is 26.4 Å². The van der Waals surface area contributed by atoms with Gasteiger partial charge in [-0.25, -0.2) is 0 Å². The summed E-state index contributed by atoms with van der Waals surface area (Å²) in [5, 5.41) is 3.47. The van der Waals surface area contributed by atoms with Crippen LogP contribution in [0.5, 0.6) is 0 Å². The number of ether oxygens (including phenoxy) is 2. The second-order valence-corrected chi connectivity index (χ2v) is 5.74. The highest BCUT2D eigenvalue weighted by Crippen LogP contribution is 2.12. The normalized spacial score (nSPS) is 18.6. The first kappa shape index (κ1) is 15.5. The summed E-state index contributed by atoms with van der Waals surface area (Å²) < 4.78 is 11.2. The molecule has 0 aliphatic carbocycles. The molecule has 0 saturated carbocycles. The molecule has 1 atom stereocenters. The molecule has 1 heterocycles. The van der Waals surface area contributed by atoms with Gasteiger partial charge in [-0.15, -0.1) is 0 Å². The maximum absolute atomic E-state index is 5.64. The maximum atomic E-state index is 5.64. The van der Waals surface area contributed by atoms with Gasteiger partial charge in [0, 0.05) is 19.8 Å². The Morgan fingerprint density at radius 2 is 2.05 bits per heavy atom. The van der Waals surface area contributed by atoms with E-state index in [2.05, 4.69) is 37.4 Å². The fourth-order valence-electron chi connectivity index (χ4n) is 2.69. The molecule has 2 rings (SSSR count). The number of hydrogen-bond acceptors (Lipinski definition) is 3. The lowest BCUT2D eigenvalue weighted by atomic mass is 10.1. The Balaban J connectivity index is 1.50. The van der Waals surface area contributed by atoms with Crippen molar-refractivity contribution in [3.05, 3.63) is 34.9 Å². The predicted molar refractivity (Wildman–Crippen MR) is 82.0 cm³/mol. The van der Waals surface area contributed by atoms with Gasteiger partial charge >= 0.3 is 0 Å². The summed E-state index contributed by atoms with van der Waals surface area (Å²) in [5.74, 6) is 0. The number of nitrogens with one attached hydrogen (secondary N) is 1. The molecule has 0 amide bonds. The number of aryl methyl sites for hydroxylation is 2. The minimum atomic E-state index is 0.346. The van der Waals surface area contributed by atoms with Gasteiger partial charge < -0.3 is 14.8 Å². The zero-order valence-corrected chi connectivity index (χ0v) is 12.8. The van der Waals surface area contributed by atoms with Crippen molar-refractivity contribution < 1.29 is 9.47 Å². The van der Waals surface area contributed by atoms with Crippen molar-refractivity contribution >= 4 is 0 Å². The highest BCUT2D eigenvalue weighted by molar-refractivity contribution is 5.28. The van der Waals surface area contributed by atoms with E-state index in [0.717, 1.165) is 45.8 Å². The zero-order chi connectivity index (χ0) is 14.2. The molecule has 1 aromatic rings. The molecule has 112 valence electrons. The summed E-state index contributed by atoms with van der Waals surface area (Å²) in [5.41, 5.74) is 4.03. The Morgan fingerprint density at radius 1 is 1.25 bits per heavy atom. The van der Waals surface area contributed by atoms with Crippen LogP contribution in [0, 0.1) is 13.8 Å². The molecule has 3 nitrogen and oxygen atoms in total. The molecule has 1 aliphatic heterocycles. The van der Waals surface area contributed by atoms with Crippen LogP contribution in [0.15, 0.2) is 18.2 Å². The molecular formula is C17H27NO2. The zero-order valence-electron chi connectivity index (χ0n) is 12.8. The van der Waals surface area contributed by atoms with Crippen molar-refractivity contribution in [1.82, 2.24) is 5.32 Å². The Labute approximate surface area is 122 Å². The fraction of sp³-hybridized carbons (Fsp3) is 0.647. The van der Waals surface area contributed by atoms with E-state index in [1.165, 1.54) is 23.1 Å². The molecule has 20 heavy (non-hydrogen) atoms. The van der Waals surface area contributed by atoms with Crippen LogP contribution in [0.1, 0.15) is 36.0 Å². The summed E-state index contributed by atoms with van der Waals surface area (Å²) >= 11 is 0. The third-order valence-electron chi connectivity index (χ3n) is 3.58. The van der Waals surface area contributed by atoms with E-state index in [0.29, 0.717) is 6.10 Å². The molecule has 0 spiro atoms. The first-order chi connectivity index (χ1) is 9.74. The molecule has 3 heteroatoms. The van der Waals surface area contributed by atoms with Gasteiger partial charge in [-0.1, -0.05) is 29.3 Å². The molecule has 0 aromatic heterocycles. The smallest absolute Gasteiger partial charge is 0.0809 e. The first-order valence-corrected chi connectivity index (χ1v) is 7.71. The van der Waals surface area contributed by atoms with E-state index < -0.39 is 0 Å². The predicted octanol–water partition coefficient (Wildman–Crippen LogP) is 2.98. The second kappa shape index (κ2) is 8.40. The number of benzene rings is 1. The summed E-state index contributed by atoms with van der Waals surface area (Å²) in [6.45, 7) is 8.72. The number of hydrogen-bond donors (Lipinski definition) is 1. The van der Waals surface area contributed by atoms with Crippen LogP contribution in [0.4, 0.5) is 0 Å². The average Bonchev–Trinajstić information content (AvgIpc) is 2.89. The van der Waals surface area contributed by atoms with Crippen LogP contribution in [0.3, 0.4) is 0 Å². The van der Waals surface area contributed by atoms with Crippen molar-refractivity contribution in [2.24, 2.45) is 0 Å². The van der Waals surface area contributed by atoms with Gasteiger partial charge in [0.25, 0.3) is 0 Å². The second-order valence-electron chi connectivity index (χ2n) is 5.74. The summed E-state index contributed by atoms with van der Waals surface area (Å²) in [6.07, 6.45) is 3.74. The lowest BCUT2D eigenvalue weighted by Crippen LogP contribution is -2.19. The number of rotatable bonds is 8. The van der Waals surface area contributed by atoms with Gasteiger partial charge in [-0.3, -0.25) is 0 Å². The summed E-state index contributed by atoms with van der Waals surface area (Å²) in [6, 6.07) is 6.70. The SMILES string of the molecule is Cc1cc(C)cc(CNCCCOCC2CCCO2)c1. The lowest BCUT2D eigenvalue weighted by Gasteiger charge is -2.10. The van der Waals surface area contributed by atoms with E-state index in [1.807, 2.05) is 0 Å². The fourth-order valence-corrected chi connectivity index (χ4v) is 2.69. The minimum absolute atomic E-state index is 0.346. The van der Waals surface area contributed by atoms with Crippen LogP contribution in [-0.2, 0) is 16.0 Å². The van der Waals surface area contributed by atoms with Crippen LogP contribution in [0.2, 0.25) is 0 Å². The summed E-state index contributed by atoms with van der Waals surface area (Å²) in [4.78, 5) is 0. The third kappa shape index (κ3) is 5.61. The van der Waals surface area contributed by atoms with Crippen LogP contribution < -0.4 is 5.32 Å². The Hall–Kier alpha value is -0.900. The van der Waals surface area contributed by atoms with Crippen LogP contribution in [0.25, 0.3) is 0 Å². The van der Waals surface area contributed by atoms with Gasteiger partial charge in [0.2, 0.25) is 0 Å². The van der Waals surface area contributed by atoms with Gasteiger partial charge in [0.05, 0.1) is 12.7 Å². The Bertz CT molecular complexity index is 380. The monoisotopic (exact) mass is 277 g/mol. The highest BCUT2D eigenvalue weighted by Gasteiger charge is 2.14. The standard InChI is InChI=1S/C17H27NO2/c1-14-9-15(2)11-16(10-14)12-18-6-4-7-19-13-17-5-3-8-20-17/h9-11,17-18H,3-8,12-13H2,1-2H3. The molecule has 1 aliphatic rings. The lowest BCUT2D eigenvalue weighted by molar-refractivity contribution is 0.0166. The van der Waals surface area contributed by atoms with Crippen molar-refractivity contribution in [2.45, 2.75) is 45.8 Å². The molecule has 1 aromatic carbocycles. The Morgan fingerprint density at radius 3 is 2.75 bits per heavy atom. The van der Waals surface area contributed by atoms with E-state index in [-0.39, 0.29) is 0 Å². The minimum Gasteiger partial charge on any atom is -0.379 e. The molecule has 1 unspecified atom stereocenters. The van der Waals surface area contributed by atoms with Crippen molar-refractivity contribution in [3.63, 3.8) is 0 Å². The van der Waals surface area contributed by atoms with Gasteiger partial charge in [0.15, 0.2) is 0 Å². The van der Waals surface area contributed by atoms with Gasteiger partial charge in [-0.05, 0) is 45.2 Å². The molecule has 1 fully saturated rings. The van der Waals surface area contributed by atoms with Crippen LogP contribution in [-0.4, -0.2) is 32.5 Å². The largest absolute Gasteiger partial charge is 0.379 e. The van der Waals surface area contributed by atoms with E-state index in [1.54, 1.807) is 0 Å². The molecule has 0 radical (unpaired) electrons. The van der Waals surface area contributed by atoms with Crippen molar-refractivity contribution in [1.29, 1.82) is 0 Å². The quantitative estimate of drug-likeness (QED) is 0.741. The van der Waals surface area contributed by atoms with Gasteiger partial charge in [-0.2, -0.15) is 0 Å². The van der Waals surface area contributed by atoms with Crippen molar-refractivity contribution in [3.8, 4) is 0 Å². The summed E-state index contributed by atoms with van der Waals surface area (Å²) in [7, 11) is 0. The molecule has 0 bridgehead atoms. The average molecular weight is 277 g/mol. The van der Waals surface area contributed by atoms with Gasteiger partial charge in [0.1, 0.15) is 0 Å². The van der Waals surface area contributed by atoms with Crippen LogP contribution >= 0.6 is 0 Å².